The van der Waals surface area contributed by atoms with Gasteiger partial charge < -0.3 is 15.0 Å². The molecule has 0 radical (unpaired) electrons. The van der Waals surface area contributed by atoms with Gasteiger partial charge in [-0.2, -0.15) is 0 Å². The number of hydrogen-bond donors (Lipinski definition) is 2. The Morgan fingerprint density at radius 1 is 1.33 bits per heavy atom. The molecule has 1 heterocycles. The molecule has 2 N–H and O–H groups in total. The van der Waals surface area contributed by atoms with Crippen molar-refractivity contribution >= 4 is 0 Å². The molecule has 2 rings (SSSR count). The van der Waals surface area contributed by atoms with E-state index >= 15 is 0 Å². The molecule has 0 saturated heterocycles. The number of aliphatic hydroxyl groups excluding tert-OH is 1. The van der Waals surface area contributed by atoms with Crippen LogP contribution in [0.3, 0.4) is 0 Å². The van der Waals surface area contributed by atoms with Gasteiger partial charge in [0.15, 0.2) is 0 Å². The van der Waals surface area contributed by atoms with E-state index < -0.39 is 0 Å². The number of unbranched alkanes of at least 4 members (excludes halogenated alkanes) is 1. The van der Waals surface area contributed by atoms with E-state index in [0.717, 1.165) is 25.9 Å². The maximum absolute atomic E-state index is 8.84. The Hall–Kier alpha value is -0.800. The number of aromatic nitrogens is 1. The highest BCUT2D eigenvalue weighted by atomic mass is 16.2. The summed E-state index contributed by atoms with van der Waals surface area (Å²) in [5.74, 6) is 0. The van der Waals surface area contributed by atoms with Gasteiger partial charge in [0.1, 0.15) is 0 Å². The second-order valence-electron chi connectivity index (χ2n) is 5.26. The third-order valence-electron chi connectivity index (χ3n) is 3.84. The number of hydrogen-bond acceptors (Lipinski definition) is 2. The molecule has 1 aromatic rings. The van der Waals surface area contributed by atoms with Crippen molar-refractivity contribution < 1.29 is 5.11 Å². The van der Waals surface area contributed by atoms with E-state index in [-0.39, 0.29) is 0 Å². The average Bonchev–Trinajstić information content (AvgIpc) is 2.68. The maximum atomic E-state index is 8.84. The van der Waals surface area contributed by atoms with Crippen LogP contribution in [0.1, 0.15) is 56.2 Å². The van der Waals surface area contributed by atoms with Crippen LogP contribution in [0.25, 0.3) is 0 Å². The van der Waals surface area contributed by atoms with Crippen LogP contribution in [-0.2, 0) is 13.0 Å². The van der Waals surface area contributed by atoms with Crippen molar-refractivity contribution in [1.82, 2.24) is 9.88 Å². The number of nitrogens with zero attached hydrogens (tertiary/aromatic N) is 1. The van der Waals surface area contributed by atoms with Crippen molar-refractivity contribution in [1.29, 1.82) is 0 Å². The molecule has 3 nitrogen and oxygen atoms in total. The van der Waals surface area contributed by atoms with Crippen LogP contribution in [-0.4, -0.2) is 22.8 Å². The first-order valence-corrected chi connectivity index (χ1v) is 7.38. The summed E-state index contributed by atoms with van der Waals surface area (Å²) in [6.45, 7) is 4.57. The van der Waals surface area contributed by atoms with E-state index in [1.807, 2.05) is 0 Å². The van der Waals surface area contributed by atoms with Crippen molar-refractivity contribution in [2.75, 3.05) is 13.2 Å². The SMILES string of the molecule is CCNC1CCCCc2cn(CCCCO)cc21. The van der Waals surface area contributed by atoms with Gasteiger partial charge in [-0.3, -0.25) is 0 Å². The number of rotatable bonds is 6. The van der Waals surface area contributed by atoms with E-state index in [1.54, 1.807) is 0 Å². The summed E-state index contributed by atoms with van der Waals surface area (Å²) in [6, 6.07) is 0.548. The zero-order chi connectivity index (χ0) is 12.8. The Morgan fingerprint density at radius 2 is 2.22 bits per heavy atom. The fraction of sp³-hybridized carbons (Fsp3) is 0.733. The zero-order valence-corrected chi connectivity index (χ0v) is 11.5. The van der Waals surface area contributed by atoms with Crippen LogP contribution >= 0.6 is 0 Å². The van der Waals surface area contributed by atoms with E-state index in [9.17, 15) is 0 Å². The monoisotopic (exact) mass is 250 g/mol. The second-order valence-corrected chi connectivity index (χ2v) is 5.26. The highest BCUT2D eigenvalue weighted by molar-refractivity contribution is 5.29. The lowest BCUT2D eigenvalue weighted by atomic mass is 10.0. The summed E-state index contributed by atoms with van der Waals surface area (Å²) in [7, 11) is 0. The average molecular weight is 250 g/mol. The van der Waals surface area contributed by atoms with E-state index in [1.165, 1.54) is 36.8 Å². The number of aryl methyl sites for hydroxylation is 2. The van der Waals surface area contributed by atoms with Crippen LogP contribution < -0.4 is 5.32 Å². The van der Waals surface area contributed by atoms with Crippen molar-refractivity contribution in [2.45, 2.75) is 58.0 Å². The van der Waals surface area contributed by atoms with E-state index in [4.69, 9.17) is 5.11 Å². The molecule has 102 valence electrons. The van der Waals surface area contributed by atoms with Gasteiger partial charge in [-0.15, -0.1) is 0 Å². The Morgan fingerprint density at radius 3 is 3.00 bits per heavy atom. The first-order chi connectivity index (χ1) is 8.85. The lowest BCUT2D eigenvalue weighted by molar-refractivity contribution is 0.281. The lowest BCUT2D eigenvalue weighted by Crippen LogP contribution is -2.20. The molecule has 0 fully saturated rings. The third-order valence-corrected chi connectivity index (χ3v) is 3.84. The summed E-state index contributed by atoms with van der Waals surface area (Å²) in [5.41, 5.74) is 3.04. The van der Waals surface area contributed by atoms with E-state index in [0.29, 0.717) is 12.6 Å². The topological polar surface area (TPSA) is 37.2 Å². The molecule has 1 atom stereocenters. The summed E-state index contributed by atoms with van der Waals surface area (Å²) >= 11 is 0. The molecule has 0 saturated carbocycles. The first kappa shape index (κ1) is 13.6. The number of fused-ring (bicyclic) bond motifs is 1. The van der Waals surface area contributed by atoms with Gasteiger partial charge in [0, 0.05) is 31.6 Å². The third kappa shape index (κ3) is 3.36. The summed E-state index contributed by atoms with van der Waals surface area (Å²) in [4.78, 5) is 0. The highest BCUT2D eigenvalue weighted by Gasteiger charge is 2.19. The predicted molar refractivity (Wildman–Crippen MR) is 74.7 cm³/mol. The molecule has 18 heavy (non-hydrogen) atoms. The lowest BCUT2D eigenvalue weighted by Gasteiger charge is -2.15. The summed E-state index contributed by atoms with van der Waals surface area (Å²) in [6.07, 6.45) is 11.8. The van der Waals surface area contributed by atoms with Gasteiger partial charge in [-0.1, -0.05) is 13.3 Å². The highest BCUT2D eigenvalue weighted by Crippen LogP contribution is 2.29. The standard InChI is InChI=1S/C15H26N2O/c1-2-16-15-8-4-3-7-13-11-17(12-14(13)15)9-5-6-10-18/h11-12,15-16,18H,2-10H2,1H3. The normalized spacial score (nSPS) is 19.6. The largest absolute Gasteiger partial charge is 0.396 e. The first-order valence-electron chi connectivity index (χ1n) is 7.38. The minimum absolute atomic E-state index is 0.307. The van der Waals surface area contributed by atoms with Gasteiger partial charge in [0.2, 0.25) is 0 Å². The summed E-state index contributed by atoms with van der Waals surface area (Å²) in [5, 5.41) is 12.4. The van der Waals surface area contributed by atoms with Crippen molar-refractivity contribution in [3.8, 4) is 0 Å². The van der Waals surface area contributed by atoms with Gasteiger partial charge in [-0.05, 0) is 49.8 Å². The molecule has 0 spiro atoms. The maximum Gasteiger partial charge on any atom is 0.0431 e. The molecule has 1 aromatic heterocycles. The molecule has 0 aliphatic heterocycles. The minimum atomic E-state index is 0.307. The number of nitrogens with one attached hydrogen (secondary N) is 1. The van der Waals surface area contributed by atoms with Gasteiger partial charge in [-0.25, -0.2) is 0 Å². The van der Waals surface area contributed by atoms with Gasteiger partial charge in [0.05, 0.1) is 0 Å². The molecule has 1 aliphatic rings. The van der Waals surface area contributed by atoms with Crippen molar-refractivity contribution in [2.24, 2.45) is 0 Å². The van der Waals surface area contributed by atoms with Crippen LogP contribution in [0.4, 0.5) is 0 Å². The summed E-state index contributed by atoms with van der Waals surface area (Å²) < 4.78 is 2.32. The molecule has 0 amide bonds. The smallest absolute Gasteiger partial charge is 0.0431 e. The zero-order valence-electron chi connectivity index (χ0n) is 11.5. The molecular weight excluding hydrogens is 224 g/mol. The quantitative estimate of drug-likeness (QED) is 0.601. The van der Waals surface area contributed by atoms with Crippen LogP contribution in [0.5, 0.6) is 0 Å². The molecule has 0 bridgehead atoms. The molecule has 1 unspecified atom stereocenters. The van der Waals surface area contributed by atoms with Gasteiger partial charge in [0.25, 0.3) is 0 Å². The number of aliphatic hydroxyl groups is 1. The van der Waals surface area contributed by atoms with Crippen molar-refractivity contribution in [3.63, 3.8) is 0 Å². The van der Waals surface area contributed by atoms with E-state index in [2.05, 4.69) is 29.2 Å². The minimum Gasteiger partial charge on any atom is -0.396 e. The Labute approximate surface area is 110 Å². The Bertz CT molecular complexity index is 359. The van der Waals surface area contributed by atoms with Gasteiger partial charge >= 0.3 is 0 Å². The predicted octanol–water partition coefficient (Wildman–Crippen LogP) is 2.64. The Balaban J connectivity index is 2.06. The van der Waals surface area contributed by atoms with Crippen LogP contribution in [0.2, 0.25) is 0 Å². The van der Waals surface area contributed by atoms with Crippen LogP contribution in [0, 0.1) is 0 Å². The fourth-order valence-corrected chi connectivity index (χ4v) is 2.91. The Kier molecular flexibility index (Phi) is 5.26. The second kappa shape index (κ2) is 6.95. The molecule has 0 aromatic carbocycles. The molecule has 1 aliphatic carbocycles. The molecule has 3 heteroatoms. The van der Waals surface area contributed by atoms with Crippen molar-refractivity contribution in [3.05, 3.63) is 23.5 Å². The molecular formula is C15H26N2O. The van der Waals surface area contributed by atoms with Crippen LogP contribution in [0.15, 0.2) is 12.4 Å². The fourth-order valence-electron chi connectivity index (χ4n) is 2.91.